The normalized spacial score (nSPS) is 11.7. The van der Waals surface area contributed by atoms with Gasteiger partial charge in [-0.15, -0.1) is 0 Å². The molecular formula is C27H31N3O4. The maximum atomic E-state index is 13.0. The van der Waals surface area contributed by atoms with Crippen molar-refractivity contribution in [2.75, 3.05) is 26.0 Å². The van der Waals surface area contributed by atoms with E-state index in [2.05, 4.69) is 10.6 Å². The molecule has 0 spiro atoms. The van der Waals surface area contributed by atoms with Crippen LogP contribution in [0.5, 0.6) is 5.75 Å². The van der Waals surface area contributed by atoms with E-state index in [1.807, 2.05) is 56.3 Å². The first kappa shape index (κ1) is 24.8. The Morgan fingerprint density at radius 3 is 2.35 bits per heavy atom. The van der Waals surface area contributed by atoms with E-state index in [1.54, 1.807) is 38.4 Å². The average molecular weight is 462 g/mol. The molecule has 1 atom stereocenters. The maximum Gasteiger partial charge on any atom is 0.245 e. The van der Waals surface area contributed by atoms with E-state index in [1.165, 1.54) is 4.90 Å². The smallest absolute Gasteiger partial charge is 0.245 e. The summed E-state index contributed by atoms with van der Waals surface area (Å²) < 4.78 is 5.16. The number of fused-ring (bicyclic) bond motifs is 1. The number of amides is 3. The molecule has 178 valence electrons. The Bertz CT molecular complexity index is 1180. The van der Waals surface area contributed by atoms with Crippen LogP contribution in [-0.4, -0.2) is 49.4 Å². The van der Waals surface area contributed by atoms with Crippen LogP contribution in [0.4, 0.5) is 5.69 Å². The standard InChI is InChI=1S/C27H31N3O4/c1-18(2)26(29-24(31)15-19-12-13-20-8-5-6-9-21(20)14-19)27(33)30(3)17-25(32)28-22-10-7-11-23(16-22)34-4/h5-14,16,18,26H,15,17H2,1-4H3,(H,28,32)(H,29,31). The summed E-state index contributed by atoms with van der Waals surface area (Å²) in [5.41, 5.74) is 1.45. The van der Waals surface area contributed by atoms with Crippen molar-refractivity contribution in [3.05, 3.63) is 72.3 Å². The van der Waals surface area contributed by atoms with Crippen molar-refractivity contribution in [1.29, 1.82) is 0 Å². The van der Waals surface area contributed by atoms with Crippen LogP contribution in [0.25, 0.3) is 10.8 Å². The van der Waals surface area contributed by atoms with Crippen molar-refractivity contribution in [1.82, 2.24) is 10.2 Å². The summed E-state index contributed by atoms with van der Waals surface area (Å²) in [6, 6.07) is 20.1. The van der Waals surface area contributed by atoms with Crippen molar-refractivity contribution in [2.24, 2.45) is 5.92 Å². The number of rotatable bonds is 9. The number of carbonyl (C=O) groups is 3. The van der Waals surface area contributed by atoms with E-state index in [4.69, 9.17) is 4.74 Å². The summed E-state index contributed by atoms with van der Waals surface area (Å²) in [5.74, 6) is -0.415. The zero-order chi connectivity index (χ0) is 24.7. The minimum Gasteiger partial charge on any atom is -0.497 e. The van der Waals surface area contributed by atoms with Crippen LogP contribution in [0.15, 0.2) is 66.7 Å². The second kappa shape index (κ2) is 11.3. The summed E-state index contributed by atoms with van der Waals surface area (Å²) in [6.45, 7) is 3.59. The average Bonchev–Trinajstić information content (AvgIpc) is 2.81. The molecule has 0 radical (unpaired) electrons. The molecule has 3 aromatic rings. The predicted octanol–water partition coefficient (Wildman–Crippen LogP) is 3.63. The van der Waals surface area contributed by atoms with Crippen molar-refractivity contribution in [3.63, 3.8) is 0 Å². The van der Waals surface area contributed by atoms with Crippen molar-refractivity contribution in [2.45, 2.75) is 26.3 Å². The lowest BCUT2D eigenvalue weighted by Gasteiger charge is -2.27. The first-order valence-electron chi connectivity index (χ1n) is 11.2. The molecule has 0 saturated heterocycles. The molecule has 3 aromatic carbocycles. The number of nitrogens with zero attached hydrogens (tertiary/aromatic N) is 1. The first-order chi connectivity index (χ1) is 16.3. The predicted molar refractivity (Wildman–Crippen MR) is 134 cm³/mol. The monoisotopic (exact) mass is 461 g/mol. The van der Waals surface area contributed by atoms with Gasteiger partial charge in [-0.3, -0.25) is 14.4 Å². The highest BCUT2D eigenvalue weighted by molar-refractivity contribution is 5.96. The number of hydrogen-bond acceptors (Lipinski definition) is 4. The molecule has 0 fully saturated rings. The second-order valence-electron chi connectivity index (χ2n) is 8.62. The summed E-state index contributed by atoms with van der Waals surface area (Å²) in [4.78, 5) is 39.6. The van der Waals surface area contributed by atoms with Gasteiger partial charge in [-0.2, -0.15) is 0 Å². The molecule has 34 heavy (non-hydrogen) atoms. The number of methoxy groups -OCH3 is 1. The third-order valence-corrected chi connectivity index (χ3v) is 5.54. The largest absolute Gasteiger partial charge is 0.497 e. The van der Waals surface area contributed by atoms with Crippen LogP contribution in [0.2, 0.25) is 0 Å². The lowest BCUT2D eigenvalue weighted by atomic mass is 10.0. The van der Waals surface area contributed by atoms with Gasteiger partial charge in [-0.25, -0.2) is 0 Å². The van der Waals surface area contributed by atoms with Gasteiger partial charge < -0.3 is 20.3 Å². The Morgan fingerprint density at radius 2 is 1.65 bits per heavy atom. The Morgan fingerprint density at radius 1 is 0.912 bits per heavy atom. The lowest BCUT2D eigenvalue weighted by Crippen LogP contribution is -2.51. The fraction of sp³-hybridized carbons (Fsp3) is 0.296. The molecule has 0 aliphatic rings. The van der Waals surface area contributed by atoms with E-state index in [0.29, 0.717) is 11.4 Å². The third-order valence-electron chi connectivity index (χ3n) is 5.54. The maximum absolute atomic E-state index is 13.0. The number of hydrogen-bond donors (Lipinski definition) is 2. The number of benzene rings is 3. The van der Waals surface area contributed by atoms with Crippen LogP contribution in [0, 0.1) is 5.92 Å². The molecule has 7 heteroatoms. The van der Waals surface area contributed by atoms with Crippen LogP contribution in [0.1, 0.15) is 19.4 Å². The van der Waals surface area contributed by atoms with Crippen LogP contribution in [-0.2, 0) is 20.8 Å². The summed E-state index contributed by atoms with van der Waals surface area (Å²) in [6.07, 6.45) is 0.168. The zero-order valence-electron chi connectivity index (χ0n) is 20.0. The molecule has 2 N–H and O–H groups in total. The Hall–Kier alpha value is -3.87. The number of likely N-dealkylation sites (N-methyl/N-ethyl adjacent to an activating group) is 1. The van der Waals surface area contributed by atoms with Gasteiger partial charge in [0.15, 0.2) is 0 Å². The molecule has 3 amide bonds. The molecule has 7 nitrogen and oxygen atoms in total. The fourth-order valence-corrected chi connectivity index (χ4v) is 3.70. The topological polar surface area (TPSA) is 87.7 Å². The van der Waals surface area contributed by atoms with E-state index in [9.17, 15) is 14.4 Å². The van der Waals surface area contributed by atoms with Crippen molar-refractivity contribution < 1.29 is 19.1 Å². The highest BCUT2D eigenvalue weighted by Gasteiger charge is 2.28. The molecule has 0 heterocycles. The van der Waals surface area contributed by atoms with E-state index in [0.717, 1.165) is 16.3 Å². The van der Waals surface area contributed by atoms with Gasteiger partial charge in [0.2, 0.25) is 17.7 Å². The molecule has 0 aliphatic heterocycles. The van der Waals surface area contributed by atoms with Crippen molar-refractivity contribution in [3.8, 4) is 5.75 Å². The zero-order valence-corrected chi connectivity index (χ0v) is 20.0. The molecule has 0 saturated carbocycles. The van der Waals surface area contributed by atoms with Crippen LogP contribution in [0.3, 0.4) is 0 Å². The molecule has 0 bridgehead atoms. The molecular weight excluding hydrogens is 430 g/mol. The Kier molecular flexibility index (Phi) is 8.24. The van der Waals surface area contributed by atoms with Crippen LogP contribution >= 0.6 is 0 Å². The first-order valence-corrected chi connectivity index (χ1v) is 11.2. The molecule has 0 aliphatic carbocycles. The highest BCUT2D eigenvalue weighted by atomic mass is 16.5. The fourth-order valence-electron chi connectivity index (χ4n) is 3.70. The van der Waals surface area contributed by atoms with Gasteiger partial charge in [0.25, 0.3) is 0 Å². The summed E-state index contributed by atoms with van der Waals surface area (Å²) in [7, 11) is 3.10. The number of ether oxygens (including phenoxy) is 1. The Labute approximate surface area is 200 Å². The van der Waals surface area contributed by atoms with Gasteiger partial charge >= 0.3 is 0 Å². The van der Waals surface area contributed by atoms with Gasteiger partial charge in [-0.1, -0.05) is 62.4 Å². The number of anilines is 1. The molecule has 1 unspecified atom stereocenters. The number of carbonyl (C=O) groups excluding carboxylic acids is 3. The van der Waals surface area contributed by atoms with Gasteiger partial charge in [0.05, 0.1) is 20.1 Å². The van der Waals surface area contributed by atoms with Gasteiger partial charge in [-0.05, 0) is 34.4 Å². The van der Waals surface area contributed by atoms with Gasteiger partial charge in [0, 0.05) is 18.8 Å². The lowest BCUT2D eigenvalue weighted by molar-refractivity contribution is -0.138. The minimum absolute atomic E-state index is 0.139. The second-order valence-corrected chi connectivity index (χ2v) is 8.62. The Balaban J connectivity index is 1.59. The third kappa shape index (κ3) is 6.57. The van der Waals surface area contributed by atoms with Crippen LogP contribution < -0.4 is 15.4 Å². The molecule has 3 rings (SSSR count). The van der Waals surface area contributed by atoms with Gasteiger partial charge in [0.1, 0.15) is 11.8 Å². The number of nitrogens with one attached hydrogen (secondary N) is 2. The van der Waals surface area contributed by atoms with E-state index < -0.39 is 6.04 Å². The summed E-state index contributed by atoms with van der Waals surface area (Å²) in [5, 5.41) is 7.78. The molecule has 0 aromatic heterocycles. The minimum atomic E-state index is -0.734. The summed E-state index contributed by atoms with van der Waals surface area (Å²) >= 11 is 0. The quantitative estimate of drug-likeness (QED) is 0.509. The SMILES string of the molecule is COc1cccc(NC(=O)CN(C)C(=O)C(NC(=O)Cc2ccc3ccccc3c2)C(C)C)c1. The van der Waals surface area contributed by atoms with E-state index in [-0.39, 0.29) is 36.6 Å². The van der Waals surface area contributed by atoms with E-state index >= 15 is 0 Å². The highest BCUT2D eigenvalue weighted by Crippen LogP contribution is 2.17. The van der Waals surface area contributed by atoms with Crippen molar-refractivity contribution >= 4 is 34.2 Å².